The predicted octanol–water partition coefficient (Wildman–Crippen LogP) is 4.03. The zero-order valence-electron chi connectivity index (χ0n) is 20.7. The normalized spacial score (nSPS) is 24.3. The van der Waals surface area contributed by atoms with Crippen LogP contribution in [0.2, 0.25) is 0 Å². The van der Waals surface area contributed by atoms with Gasteiger partial charge in [-0.2, -0.15) is 0 Å². The van der Waals surface area contributed by atoms with Gasteiger partial charge in [-0.3, -0.25) is 14.4 Å². The van der Waals surface area contributed by atoms with Crippen molar-refractivity contribution in [2.24, 2.45) is 22.7 Å². The number of esters is 2. The minimum absolute atomic E-state index is 0.0126. The third-order valence-electron chi connectivity index (χ3n) is 7.00. The van der Waals surface area contributed by atoms with E-state index in [0.29, 0.717) is 19.3 Å². The van der Waals surface area contributed by atoms with Crippen LogP contribution in [0.5, 0.6) is 0 Å². The summed E-state index contributed by atoms with van der Waals surface area (Å²) in [6.45, 7) is 10.6. The number of carbonyl (C=O) groups is 4. The molecule has 0 bridgehead atoms. The number of carbonyl (C=O) groups excluding carboxylic acids is 4. The first-order chi connectivity index (χ1) is 14.8. The van der Waals surface area contributed by atoms with E-state index in [1.54, 1.807) is 6.92 Å². The minimum atomic E-state index is -0.866. The van der Waals surface area contributed by atoms with Crippen LogP contribution in [-0.4, -0.2) is 47.9 Å². The molecule has 0 aromatic rings. The van der Waals surface area contributed by atoms with Crippen molar-refractivity contribution in [2.45, 2.75) is 99.0 Å². The summed E-state index contributed by atoms with van der Waals surface area (Å²) < 4.78 is 9.96. The quantitative estimate of drug-likeness (QED) is 0.419. The van der Waals surface area contributed by atoms with E-state index in [1.807, 2.05) is 6.92 Å². The fourth-order valence-corrected chi connectivity index (χ4v) is 5.17. The Morgan fingerprint density at radius 3 is 2.28 bits per heavy atom. The van der Waals surface area contributed by atoms with E-state index < -0.39 is 30.1 Å². The van der Waals surface area contributed by atoms with Crippen LogP contribution in [0.15, 0.2) is 0 Å². The Morgan fingerprint density at radius 1 is 1.06 bits per heavy atom. The van der Waals surface area contributed by atoms with Gasteiger partial charge >= 0.3 is 11.9 Å². The van der Waals surface area contributed by atoms with Gasteiger partial charge in [-0.15, -0.1) is 0 Å². The zero-order chi connectivity index (χ0) is 24.5. The fourth-order valence-electron chi connectivity index (χ4n) is 5.17. The Kier molecular flexibility index (Phi) is 11.0. The Balaban J connectivity index is 2.61. The molecule has 7 nitrogen and oxygen atoms in total. The molecule has 1 N–H and O–H groups in total. The van der Waals surface area contributed by atoms with Gasteiger partial charge in [0.15, 0.2) is 6.10 Å². The van der Waals surface area contributed by atoms with Crippen molar-refractivity contribution in [3.05, 3.63) is 0 Å². The van der Waals surface area contributed by atoms with Gasteiger partial charge in [0.1, 0.15) is 18.2 Å². The molecular formula is C25H42O7. The maximum atomic E-state index is 13.3. The molecule has 32 heavy (non-hydrogen) atoms. The van der Waals surface area contributed by atoms with Crippen molar-refractivity contribution in [3.8, 4) is 0 Å². The lowest BCUT2D eigenvalue weighted by molar-refractivity contribution is -0.160. The number of aliphatic hydroxyl groups is 1. The van der Waals surface area contributed by atoms with Crippen molar-refractivity contribution >= 4 is 23.5 Å². The molecule has 0 saturated heterocycles. The average molecular weight is 455 g/mol. The molecule has 1 aliphatic rings. The van der Waals surface area contributed by atoms with E-state index in [4.69, 9.17) is 14.6 Å². The summed E-state index contributed by atoms with van der Waals surface area (Å²) in [6, 6.07) is 0. The second kappa shape index (κ2) is 12.5. The highest BCUT2D eigenvalue weighted by Gasteiger charge is 2.49. The molecule has 0 aromatic heterocycles. The zero-order valence-corrected chi connectivity index (χ0v) is 20.7. The molecule has 1 rings (SSSR count). The molecule has 0 amide bonds. The number of ketones is 2. The second-order valence-electron chi connectivity index (χ2n) is 10.4. The maximum absolute atomic E-state index is 13.3. The van der Waals surface area contributed by atoms with E-state index >= 15 is 0 Å². The van der Waals surface area contributed by atoms with Crippen molar-refractivity contribution < 1.29 is 33.8 Å². The smallest absolute Gasteiger partial charge is 0.306 e. The van der Waals surface area contributed by atoms with E-state index in [2.05, 4.69) is 20.8 Å². The summed E-state index contributed by atoms with van der Waals surface area (Å²) >= 11 is 0. The fraction of sp³-hybridized carbons (Fsp3) is 0.840. The predicted molar refractivity (Wildman–Crippen MR) is 121 cm³/mol. The van der Waals surface area contributed by atoms with Gasteiger partial charge in [0, 0.05) is 31.6 Å². The highest BCUT2D eigenvalue weighted by atomic mass is 16.6. The summed E-state index contributed by atoms with van der Waals surface area (Å²) in [5.74, 6) is -0.492. The van der Waals surface area contributed by atoms with Gasteiger partial charge in [-0.05, 0) is 49.9 Å². The molecule has 4 atom stereocenters. The van der Waals surface area contributed by atoms with E-state index in [0.717, 1.165) is 25.7 Å². The van der Waals surface area contributed by atoms with Crippen LogP contribution in [0, 0.1) is 22.7 Å². The molecule has 0 aromatic carbocycles. The van der Waals surface area contributed by atoms with Crippen molar-refractivity contribution in [3.63, 3.8) is 0 Å². The van der Waals surface area contributed by atoms with E-state index in [1.165, 1.54) is 6.92 Å². The Bertz CT molecular complexity index is 669. The lowest BCUT2D eigenvalue weighted by Gasteiger charge is -2.50. The summed E-state index contributed by atoms with van der Waals surface area (Å²) in [5.41, 5.74) is -0.436. The molecule has 7 heteroatoms. The van der Waals surface area contributed by atoms with Crippen LogP contribution >= 0.6 is 0 Å². The van der Waals surface area contributed by atoms with Gasteiger partial charge in [0.25, 0.3) is 0 Å². The number of rotatable bonds is 13. The van der Waals surface area contributed by atoms with E-state index in [9.17, 15) is 19.2 Å². The van der Waals surface area contributed by atoms with Crippen LogP contribution < -0.4 is 0 Å². The lowest BCUT2D eigenvalue weighted by atomic mass is 9.53. The Labute approximate surface area is 192 Å². The number of hydrogen-bond acceptors (Lipinski definition) is 7. The average Bonchev–Trinajstić information content (AvgIpc) is 2.67. The Hall–Kier alpha value is -1.76. The lowest BCUT2D eigenvalue weighted by Crippen LogP contribution is -2.47. The summed E-state index contributed by atoms with van der Waals surface area (Å²) in [6.07, 6.45) is 4.40. The maximum Gasteiger partial charge on any atom is 0.306 e. The summed E-state index contributed by atoms with van der Waals surface area (Å²) in [5, 5.41) is 9.17. The van der Waals surface area contributed by atoms with Crippen molar-refractivity contribution in [1.29, 1.82) is 0 Å². The molecule has 184 valence electrons. The highest BCUT2D eigenvalue weighted by molar-refractivity contribution is 5.85. The van der Waals surface area contributed by atoms with Gasteiger partial charge in [-0.1, -0.05) is 34.1 Å². The second-order valence-corrected chi connectivity index (χ2v) is 10.4. The standard InChI is InChI=1S/C25H42O7/c1-17(14-23(30)31-16-20(15-26)32-19(3)28)8-11-22(29)25(6)13-7-12-24(4,5)21(25)10-9-18(2)27/h17,20-21,26H,7-16H2,1-6H3/t17-,20?,21-,25-/m1/s1. The number of aliphatic hydroxyl groups excluding tert-OH is 1. The molecule has 1 unspecified atom stereocenters. The minimum Gasteiger partial charge on any atom is -0.462 e. The van der Waals surface area contributed by atoms with Gasteiger partial charge < -0.3 is 19.4 Å². The topological polar surface area (TPSA) is 107 Å². The summed E-state index contributed by atoms with van der Waals surface area (Å²) in [4.78, 5) is 48.0. The molecule has 0 spiro atoms. The van der Waals surface area contributed by atoms with Crippen LogP contribution in [-0.2, 0) is 28.7 Å². The first kappa shape index (κ1) is 28.3. The van der Waals surface area contributed by atoms with Crippen LogP contribution in [0.25, 0.3) is 0 Å². The SMILES string of the molecule is CC(=O)CC[C@@H]1C(C)(C)CCC[C@@]1(C)C(=O)CC[C@@H](C)CC(=O)OCC(CO)OC(C)=O. The Morgan fingerprint density at radius 2 is 1.72 bits per heavy atom. The molecule has 1 aliphatic carbocycles. The number of Topliss-reactive ketones (excluding diaryl/α,β-unsaturated/α-hetero) is 2. The van der Waals surface area contributed by atoms with Crippen LogP contribution in [0.4, 0.5) is 0 Å². The number of hydrogen-bond donors (Lipinski definition) is 1. The van der Waals surface area contributed by atoms with Gasteiger partial charge in [-0.25, -0.2) is 0 Å². The van der Waals surface area contributed by atoms with Gasteiger partial charge in [0.2, 0.25) is 0 Å². The monoisotopic (exact) mass is 454 g/mol. The molecule has 1 fully saturated rings. The molecular weight excluding hydrogens is 412 g/mol. The van der Waals surface area contributed by atoms with E-state index in [-0.39, 0.29) is 41.8 Å². The molecule has 0 aliphatic heterocycles. The first-order valence-corrected chi connectivity index (χ1v) is 11.8. The van der Waals surface area contributed by atoms with Crippen molar-refractivity contribution in [2.75, 3.05) is 13.2 Å². The highest BCUT2D eigenvalue weighted by Crippen LogP contribution is 2.54. The number of ether oxygens (including phenoxy) is 2. The third-order valence-corrected chi connectivity index (χ3v) is 7.00. The molecule has 0 radical (unpaired) electrons. The first-order valence-electron chi connectivity index (χ1n) is 11.8. The summed E-state index contributed by atoms with van der Waals surface area (Å²) in [7, 11) is 0. The van der Waals surface area contributed by atoms with Gasteiger partial charge in [0.05, 0.1) is 6.61 Å². The third kappa shape index (κ3) is 8.64. The molecule has 1 saturated carbocycles. The largest absolute Gasteiger partial charge is 0.462 e. The van der Waals surface area contributed by atoms with Crippen LogP contribution in [0.3, 0.4) is 0 Å². The van der Waals surface area contributed by atoms with Crippen molar-refractivity contribution in [1.82, 2.24) is 0 Å². The molecule has 0 heterocycles. The van der Waals surface area contributed by atoms with Crippen LogP contribution in [0.1, 0.15) is 92.9 Å².